The molecule has 4 heteroatoms. The maximum absolute atomic E-state index is 9.40. The molecule has 0 atom stereocenters. The van der Waals surface area contributed by atoms with E-state index in [-0.39, 0.29) is 5.75 Å². The van der Waals surface area contributed by atoms with Gasteiger partial charge in [-0.25, -0.2) is 0 Å². The van der Waals surface area contributed by atoms with Crippen molar-refractivity contribution in [2.75, 3.05) is 5.73 Å². The van der Waals surface area contributed by atoms with Crippen LogP contribution in [0.25, 0.3) is 11.3 Å². The number of hydrogen-bond acceptors (Lipinski definition) is 3. The van der Waals surface area contributed by atoms with E-state index in [0.29, 0.717) is 5.69 Å². The SMILES string of the molecule is CCn1ncc(N)c1-c1cccc(O)c1. The average molecular weight is 203 g/mol. The molecule has 2 rings (SSSR count). The Bertz CT molecular complexity index is 476. The van der Waals surface area contributed by atoms with E-state index in [0.717, 1.165) is 17.8 Å². The minimum absolute atomic E-state index is 0.232. The Morgan fingerprint density at radius 3 is 2.93 bits per heavy atom. The van der Waals surface area contributed by atoms with Crippen molar-refractivity contribution in [3.63, 3.8) is 0 Å². The number of nitrogen functional groups attached to an aromatic ring is 1. The second-order valence-electron chi connectivity index (χ2n) is 3.31. The van der Waals surface area contributed by atoms with Gasteiger partial charge in [0.2, 0.25) is 0 Å². The number of aromatic nitrogens is 2. The highest BCUT2D eigenvalue weighted by molar-refractivity contribution is 5.73. The number of phenols is 1. The first-order valence-corrected chi connectivity index (χ1v) is 4.83. The Balaban J connectivity index is 2.57. The van der Waals surface area contributed by atoms with Crippen molar-refractivity contribution in [1.82, 2.24) is 9.78 Å². The minimum Gasteiger partial charge on any atom is -0.508 e. The van der Waals surface area contributed by atoms with E-state index in [2.05, 4.69) is 5.10 Å². The van der Waals surface area contributed by atoms with Crippen LogP contribution in [0.4, 0.5) is 5.69 Å². The third-order valence-corrected chi connectivity index (χ3v) is 2.29. The zero-order valence-corrected chi connectivity index (χ0v) is 8.51. The van der Waals surface area contributed by atoms with Gasteiger partial charge >= 0.3 is 0 Å². The number of hydrogen-bond donors (Lipinski definition) is 2. The van der Waals surface area contributed by atoms with Crippen molar-refractivity contribution < 1.29 is 5.11 Å². The summed E-state index contributed by atoms with van der Waals surface area (Å²) in [4.78, 5) is 0. The molecule has 0 radical (unpaired) electrons. The van der Waals surface area contributed by atoms with Crippen LogP contribution in [0.5, 0.6) is 5.75 Å². The summed E-state index contributed by atoms with van der Waals surface area (Å²) in [5.74, 6) is 0.232. The van der Waals surface area contributed by atoms with Crippen molar-refractivity contribution in [2.24, 2.45) is 0 Å². The molecule has 4 nitrogen and oxygen atoms in total. The third kappa shape index (κ3) is 1.66. The molecule has 0 aliphatic carbocycles. The van der Waals surface area contributed by atoms with Gasteiger partial charge in [-0.05, 0) is 19.1 Å². The van der Waals surface area contributed by atoms with Gasteiger partial charge in [-0.3, -0.25) is 4.68 Å². The van der Waals surface area contributed by atoms with E-state index < -0.39 is 0 Å². The van der Waals surface area contributed by atoms with Crippen molar-refractivity contribution in [3.05, 3.63) is 30.5 Å². The summed E-state index contributed by atoms with van der Waals surface area (Å²) in [5, 5.41) is 13.5. The lowest BCUT2D eigenvalue weighted by Gasteiger charge is -2.06. The molecule has 0 aliphatic heterocycles. The molecular weight excluding hydrogens is 190 g/mol. The van der Waals surface area contributed by atoms with Gasteiger partial charge in [0.05, 0.1) is 17.6 Å². The molecule has 3 N–H and O–H groups in total. The van der Waals surface area contributed by atoms with Crippen LogP contribution in [0.3, 0.4) is 0 Å². The Hall–Kier alpha value is -1.97. The van der Waals surface area contributed by atoms with Crippen LogP contribution in [0, 0.1) is 0 Å². The zero-order chi connectivity index (χ0) is 10.8. The van der Waals surface area contributed by atoms with Crippen molar-refractivity contribution in [1.29, 1.82) is 0 Å². The number of aryl methyl sites for hydroxylation is 1. The fraction of sp³-hybridized carbons (Fsp3) is 0.182. The Morgan fingerprint density at radius 1 is 1.47 bits per heavy atom. The topological polar surface area (TPSA) is 64.1 Å². The summed E-state index contributed by atoms with van der Waals surface area (Å²) < 4.78 is 1.81. The standard InChI is InChI=1S/C11H13N3O/c1-2-14-11(10(12)7-13-14)8-4-3-5-9(15)6-8/h3-7,15H,2,12H2,1H3. The normalized spacial score (nSPS) is 10.5. The molecule has 0 bridgehead atoms. The second-order valence-corrected chi connectivity index (χ2v) is 3.31. The summed E-state index contributed by atoms with van der Waals surface area (Å²) in [6.45, 7) is 2.75. The van der Waals surface area contributed by atoms with Crippen LogP contribution in [-0.4, -0.2) is 14.9 Å². The average Bonchev–Trinajstić information content (AvgIpc) is 2.59. The van der Waals surface area contributed by atoms with E-state index in [1.807, 2.05) is 17.7 Å². The number of anilines is 1. The molecule has 0 saturated carbocycles. The number of rotatable bonds is 2. The lowest BCUT2D eigenvalue weighted by molar-refractivity contribution is 0.475. The fourth-order valence-electron chi connectivity index (χ4n) is 1.61. The molecule has 0 aliphatic rings. The molecule has 0 amide bonds. The van der Waals surface area contributed by atoms with E-state index in [9.17, 15) is 5.11 Å². The van der Waals surface area contributed by atoms with Gasteiger partial charge in [0.1, 0.15) is 5.75 Å². The predicted octanol–water partition coefficient (Wildman–Crippen LogP) is 1.86. The molecule has 78 valence electrons. The van der Waals surface area contributed by atoms with Gasteiger partial charge in [0.15, 0.2) is 0 Å². The number of phenolic OH excluding ortho intramolecular Hbond substituents is 1. The molecule has 1 aromatic heterocycles. The minimum atomic E-state index is 0.232. The molecule has 1 aromatic carbocycles. The molecule has 0 saturated heterocycles. The lowest BCUT2D eigenvalue weighted by Crippen LogP contribution is -1.99. The maximum atomic E-state index is 9.40. The highest BCUT2D eigenvalue weighted by Crippen LogP contribution is 2.27. The monoisotopic (exact) mass is 203 g/mol. The maximum Gasteiger partial charge on any atom is 0.116 e. The summed E-state index contributed by atoms with van der Waals surface area (Å²) >= 11 is 0. The van der Waals surface area contributed by atoms with Gasteiger partial charge in [-0.15, -0.1) is 0 Å². The van der Waals surface area contributed by atoms with Crippen molar-refractivity contribution in [2.45, 2.75) is 13.5 Å². The highest BCUT2D eigenvalue weighted by atomic mass is 16.3. The first kappa shape index (κ1) is 9.58. The number of aromatic hydroxyl groups is 1. The predicted molar refractivity (Wildman–Crippen MR) is 59.4 cm³/mol. The molecular formula is C11H13N3O. The third-order valence-electron chi connectivity index (χ3n) is 2.29. The summed E-state index contributed by atoms with van der Waals surface area (Å²) in [5.41, 5.74) is 8.20. The quantitative estimate of drug-likeness (QED) is 0.783. The number of nitrogens with two attached hydrogens (primary N) is 1. The van der Waals surface area contributed by atoms with Gasteiger partial charge in [0, 0.05) is 12.1 Å². The van der Waals surface area contributed by atoms with E-state index >= 15 is 0 Å². The summed E-state index contributed by atoms with van der Waals surface area (Å²) in [6.07, 6.45) is 1.63. The van der Waals surface area contributed by atoms with Crippen molar-refractivity contribution in [3.8, 4) is 17.0 Å². The Labute approximate surface area is 88.0 Å². The first-order chi connectivity index (χ1) is 7.22. The van der Waals surface area contributed by atoms with E-state index in [1.165, 1.54) is 0 Å². The van der Waals surface area contributed by atoms with Gasteiger partial charge in [-0.2, -0.15) is 5.10 Å². The summed E-state index contributed by atoms with van der Waals surface area (Å²) in [6, 6.07) is 7.00. The van der Waals surface area contributed by atoms with E-state index in [4.69, 9.17) is 5.73 Å². The Morgan fingerprint density at radius 2 is 2.27 bits per heavy atom. The molecule has 15 heavy (non-hydrogen) atoms. The smallest absolute Gasteiger partial charge is 0.116 e. The van der Waals surface area contributed by atoms with Gasteiger partial charge in [-0.1, -0.05) is 12.1 Å². The van der Waals surface area contributed by atoms with Crippen LogP contribution < -0.4 is 5.73 Å². The number of nitrogens with zero attached hydrogens (tertiary/aromatic N) is 2. The molecule has 0 unspecified atom stereocenters. The molecule has 2 aromatic rings. The van der Waals surface area contributed by atoms with Gasteiger partial charge < -0.3 is 10.8 Å². The lowest BCUT2D eigenvalue weighted by atomic mass is 10.1. The molecule has 0 spiro atoms. The largest absolute Gasteiger partial charge is 0.508 e. The molecule has 1 heterocycles. The Kier molecular flexibility index (Phi) is 2.33. The van der Waals surface area contributed by atoms with Crippen LogP contribution >= 0.6 is 0 Å². The summed E-state index contributed by atoms with van der Waals surface area (Å²) in [7, 11) is 0. The van der Waals surface area contributed by atoms with Crippen LogP contribution in [-0.2, 0) is 6.54 Å². The zero-order valence-electron chi connectivity index (χ0n) is 8.51. The van der Waals surface area contributed by atoms with Crippen LogP contribution in [0.1, 0.15) is 6.92 Å². The fourth-order valence-corrected chi connectivity index (χ4v) is 1.61. The highest BCUT2D eigenvalue weighted by Gasteiger charge is 2.09. The van der Waals surface area contributed by atoms with Crippen LogP contribution in [0.15, 0.2) is 30.5 Å². The first-order valence-electron chi connectivity index (χ1n) is 4.83. The van der Waals surface area contributed by atoms with E-state index in [1.54, 1.807) is 24.4 Å². The second kappa shape index (κ2) is 3.65. The van der Waals surface area contributed by atoms with Crippen LogP contribution in [0.2, 0.25) is 0 Å². The van der Waals surface area contributed by atoms with Gasteiger partial charge in [0.25, 0.3) is 0 Å². The molecule has 0 fully saturated rings. The number of benzene rings is 1. The van der Waals surface area contributed by atoms with Crippen molar-refractivity contribution >= 4 is 5.69 Å².